The topological polar surface area (TPSA) is 278 Å². The predicted octanol–water partition coefficient (Wildman–Crippen LogP) is 3.11. The molecule has 0 unspecified atom stereocenters. The summed E-state index contributed by atoms with van der Waals surface area (Å²) < 4.78 is 52.3. The second kappa shape index (κ2) is 18.5. The number of halogens is 1. The first-order chi connectivity index (χ1) is 26.9. The molecule has 0 saturated heterocycles. The van der Waals surface area contributed by atoms with E-state index < -0.39 is 31.4 Å². The molecule has 18 nitrogen and oxygen atoms in total. The van der Waals surface area contributed by atoms with E-state index >= 15 is 0 Å². The van der Waals surface area contributed by atoms with Gasteiger partial charge in [0, 0.05) is 33.8 Å². The molecule has 0 atom stereocenters. The Bertz CT molecular complexity index is 2850. The molecule has 0 saturated carbocycles. The van der Waals surface area contributed by atoms with Gasteiger partial charge < -0.3 is 20.6 Å². The standard InChI is InChI=1S/C19H18N4O5S.C17H16ClN5O4S.Co/c1-11(24)21-14-5-3-4-12-6-8-17(26)19(18(12)14)23-22-15-10-13(7-9-16(15)25)29(27,28)20-2;1-10-16(17(25)23(22-10)12-5-3-11(18)4-6-12)21-20-14-9-13(7-8-15(14)24)28(26,27)19-2;/h3-10,20,25-26H,1-2H3,(H,21,24);3-9,19,22,24H,1-2H3;/p+1. The maximum absolute atomic E-state index is 12.6. The third kappa shape index (κ3) is 10.1. The molecule has 6 aromatic rings. The number of carbonyl (C=O) groups is 1. The van der Waals surface area contributed by atoms with Crippen molar-refractivity contribution in [1.29, 1.82) is 0 Å². The number of benzene rings is 5. The number of azo groups is 2. The fourth-order valence-corrected chi connectivity index (χ4v) is 6.87. The van der Waals surface area contributed by atoms with Gasteiger partial charge in [0.25, 0.3) is 11.2 Å². The Labute approximate surface area is 346 Å². The summed E-state index contributed by atoms with van der Waals surface area (Å²) >= 11 is 5.86. The van der Waals surface area contributed by atoms with E-state index in [4.69, 9.17) is 11.6 Å². The molecule has 0 fully saturated rings. The van der Waals surface area contributed by atoms with E-state index in [0.717, 1.165) is 22.2 Å². The Morgan fingerprint density at radius 1 is 0.914 bits per heavy atom. The molecular formula is C36H35ClCoN9O9S2+. The van der Waals surface area contributed by atoms with Crippen LogP contribution in [0.15, 0.2) is 121 Å². The third-order valence-electron chi connectivity index (χ3n) is 8.10. The van der Waals surface area contributed by atoms with E-state index in [1.54, 1.807) is 55.5 Å². The number of phenols is 2. The number of sulfonamides is 2. The van der Waals surface area contributed by atoms with Crippen LogP contribution in [0.25, 0.3) is 16.5 Å². The quantitative estimate of drug-likeness (QED) is 0.0785. The van der Waals surface area contributed by atoms with E-state index in [2.05, 4.69) is 35.6 Å². The van der Waals surface area contributed by atoms with Gasteiger partial charge in [-0.05, 0) is 86.1 Å². The molecule has 58 heavy (non-hydrogen) atoms. The monoisotopic (exact) mass is 895 g/mol. The number of rotatable bonds is 10. The van der Waals surface area contributed by atoms with Crippen molar-refractivity contribution in [1.82, 2.24) is 14.5 Å². The number of amides is 1. The number of aromatic hydroxyl groups is 2. The Morgan fingerprint density at radius 2 is 1.57 bits per heavy atom. The second-order valence-electron chi connectivity index (χ2n) is 11.9. The van der Waals surface area contributed by atoms with E-state index in [0.29, 0.717) is 27.5 Å². The zero-order chi connectivity index (χ0) is 41.7. The van der Waals surface area contributed by atoms with Crippen molar-refractivity contribution in [3.05, 3.63) is 112 Å². The first-order valence-electron chi connectivity index (χ1n) is 16.6. The molecule has 305 valence electrons. The average Bonchev–Trinajstić information content (AvgIpc) is 3.46. The SMILES string of the molecule is CNS(=O)(=O)c1ccc([O-])c(N=Nc2c(C)[nH]n(-c3ccc(Cl)cc3)c2=O)c1.C[NH2+]S(=O)(=O)c1ccc(O)c(N=[NH+]c2c(O)ccc3cccc(NC(C)=O)c23)c1.[Co]. The summed E-state index contributed by atoms with van der Waals surface area (Å²) in [7, 11) is -4.70. The Balaban J connectivity index is 0.000000252. The normalized spacial score (nSPS) is 11.7. The minimum Gasteiger partial charge on any atom is -0.871 e. The van der Waals surface area contributed by atoms with Gasteiger partial charge in [-0.15, -0.1) is 5.11 Å². The van der Waals surface area contributed by atoms with E-state index in [1.807, 2.05) is 0 Å². The Hall–Kier alpha value is -5.94. The van der Waals surface area contributed by atoms with Crippen LogP contribution in [0.4, 0.5) is 28.4 Å². The molecule has 1 aromatic heterocycles. The van der Waals surface area contributed by atoms with Crippen molar-refractivity contribution < 1.29 is 63.6 Å². The molecule has 1 amide bonds. The van der Waals surface area contributed by atoms with Crippen LogP contribution < -0.4 is 30.5 Å². The number of nitrogens with zero attached hydrogens (tertiary/aromatic N) is 4. The fraction of sp³-hybridized carbons (Fsp3) is 0.111. The number of quaternary nitrogens is 1. The van der Waals surface area contributed by atoms with Gasteiger partial charge in [-0.2, -0.15) is 13.5 Å². The summed E-state index contributed by atoms with van der Waals surface area (Å²) in [6, 6.07) is 22.0. The number of hydrogen-bond donors (Lipinski definition) is 7. The maximum Gasteiger partial charge on any atom is 0.324 e. The summed E-state index contributed by atoms with van der Waals surface area (Å²) in [6.07, 6.45) is 0. The number of primary sulfonamides is 1. The largest absolute Gasteiger partial charge is 0.871 e. The van der Waals surface area contributed by atoms with Gasteiger partial charge >= 0.3 is 10.0 Å². The predicted molar refractivity (Wildman–Crippen MR) is 208 cm³/mol. The first kappa shape index (κ1) is 44.8. The van der Waals surface area contributed by atoms with Gasteiger partial charge in [0.2, 0.25) is 15.9 Å². The summed E-state index contributed by atoms with van der Waals surface area (Å²) in [6.45, 7) is 3.00. The first-order valence-corrected chi connectivity index (χ1v) is 20.0. The molecule has 22 heteroatoms. The second-order valence-corrected chi connectivity index (χ2v) is 16.3. The number of carbonyl (C=O) groups excluding carboxylic acids is 1. The van der Waals surface area contributed by atoms with Crippen molar-refractivity contribution in [2.45, 2.75) is 23.6 Å². The van der Waals surface area contributed by atoms with E-state index in [1.165, 1.54) is 56.0 Å². The van der Waals surface area contributed by atoms with Crippen LogP contribution in [0.2, 0.25) is 5.02 Å². The Kier molecular flexibility index (Phi) is 14.3. The maximum atomic E-state index is 12.6. The number of nitrogens with two attached hydrogens (primary N) is 1. The minimum absolute atomic E-state index is 0. The summed E-state index contributed by atoms with van der Waals surface area (Å²) in [4.78, 5) is 24.0. The average molecular weight is 896 g/mol. The van der Waals surface area contributed by atoms with E-state index in [-0.39, 0.29) is 66.7 Å². The number of nitrogens with one attached hydrogen (secondary N) is 4. The van der Waals surface area contributed by atoms with Crippen LogP contribution in [0, 0.1) is 6.92 Å². The number of phenolic OH excluding ortho intramolecular Hbond substituents is 2. The molecule has 0 aliphatic carbocycles. The third-order valence-corrected chi connectivity index (χ3v) is 11.3. The van der Waals surface area contributed by atoms with Crippen LogP contribution in [-0.4, -0.2) is 56.8 Å². The number of H-pyrrole nitrogens is 1. The smallest absolute Gasteiger partial charge is 0.324 e. The molecule has 0 bridgehead atoms. The van der Waals surface area contributed by atoms with Gasteiger partial charge in [-0.25, -0.2) is 22.5 Å². The minimum atomic E-state index is -3.75. The molecule has 5 aromatic carbocycles. The van der Waals surface area contributed by atoms with Crippen molar-refractivity contribution in [3.63, 3.8) is 0 Å². The molecule has 6 rings (SSSR count). The zero-order valence-corrected chi connectivity index (χ0v) is 34.2. The number of hydrogen-bond acceptors (Lipinski definition) is 12. The van der Waals surface area contributed by atoms with Crippen LogP contribution in [0.3, 0.4) is 0 Å². The van der Waals surface area contributed by atoms with Crippen LogP contribution in [0.5, 0.6) is 17.2 Å². The number of aryl methyl sites for hydroxylation is 1. The number of anilines is 1. The van der Waals surface area contributed by atoms with Crippen LogP contribution in [-0.2, 0) is 41.6 Å². The molecule has 8 N–H and O–H groups in total. The van der Waals surface area contributed by atoms with Crippen molar-refractivity contribution in [3.8, 4) is 22.9 Å². The molecule has 0 aliphatic rings. The van der Waals surface area contributed by atoms with Gasteiger partial charge in [-0.3, -0.25) is 14.7 Å². The van der Waals surface area contributed by atoms with Crippen LogP contribution in [0.1, 0.15) is 12.6 Å². The van der Waals surface area contributed by atoms with Gasteiger partial charge in [-0.1, -0.05) is 46.7 Å². The number of fused-ring (bicyclic) bond motifs is 1. The Morgan fingerprint density at radius 3 is 2.22 bits per heavy atom. The molecular weight excluding hydrogens is 861 g/mol. The summed E-state index contributed by atoms with van der Waals surface area (Å²) in [5, 5.41) is 54.1. The molecule has 0 spiro atoms. The van der Waals surface area contributed by atoms with Gasteiger partial charge in [0.15, 0.2) is 17.1 Å². The molecule has 1 heterocycles. The van der Waals surface area contributed by atoms with Crippen molar-refractivity contribution in [2.75, 3.05) is 19.4 Å². The van der Waals surface area contributed by atoms with E-state index in [9.17, 15) is 41.7 Å². The fourth-order valence-electron chi connectivity index (χ4n) is 5.19. The van der Waals surface area contributed by atoms with Gasteiger partial charge in [0.05, 0.1) is 40.1 Å². The van der Waals surface area contributed by atoms with Crippen molar-refractivity contribution in [2.24, 2.45) is 15.3 Å². The van der Waals surface area contributed by atoms with Crippen molar-refractivity contribution >= 4 is 76.8 Å². The van der Waals surface area contributed by atoms with Crippen LogP contribution >= 0.6 is 11.6 Å². The molecule has 0 aliphatic heterocycles. The summed E-state index contributed by atoms with van der Waals surface area (Å²) in [5.41, 5.74) is 0.925. The number of aromatic nitrogens is 2. The summed E-state index contributed by atoms with van der Waals surface area (Å²) in [5.74, 6) is -1.18. The molecule has 1 radical (unpaired) electrons. The zero-order valence-electron chi connectivity index (χ0n) is 30.8. The number of aromatic amines is 1. The van der Waals surface area contributed by atoms with Gasteiger partial charge in [0.1, 0.15) is 10.6 Å².